The van der Waals surface area contributed by atoms with Gasteiger partial charge in [0.2, 0.25) is 0 Å². The van der Waals surface area contributed by atoms with Crippen LogP contribution in [0.1, 0.15) is 34.6 Å². The molecule has 0 saturated heterocycles. The Kier molecular flexibility index (Phi) is 3.50. The zero-order chi connectivity index (χ0) is 10.9. The second kappa shape index (κ2) is 3.66. The number of ether oxygens (including phenoxy) is 1. The summed E-state index contributed by atoms with van der Waals surface area (Å²) in [6.45, 7) is 9.71. The lowest BCUT2D eigenvalue weighted by atomic mass is 9.68. The van der Waals surface area contributed by atoms with Crippen molar-refractivity contribution in [3.63, 3.8) is 0 Å². The maximum absolute atomic E-state index is 11.6. The van der Waals surface area contributed by atoms with Crippen LogP contribution in [0, 0.1) is 11.3 Å². The van der Waals surface area contributed by atoms with Crippen molar-refractivity contribution in [2.24, 2.45) is 17.1 Å². The molecule has 3 heteroatoms. The summed E-state index contributed by atoms with van der Waals surface area (Å²) < 4.78 is 4.74. The van der Waals surface area contributed by atoms with E-state index >= 15 is 0 Å². The summed E-state index contributed by atoms with van der Waals surface area (Å²) in [6.07, 6.45) is 0. The molecule has 0 radical (unpaired) electrons. The van der Waals surface area contributed by atoms with Crippen molar-refractivity contribution in [2.45, 2.75) is 40.2 Å². The van der Waals surface area contributed by atoms with Gasteiger partial charge in [-0.15, -0.1) is 0 Å². The molecule has 0 heterocycles. The molecule has 3 nitrogen and oxygen atoms in total. The first-order chi connectivity index (χ1) is 5.67. The van der Waals surface area contributed by atoms with E-state index in [-0.39, 0.29) is 17.3 Å². The summed E-state index contributed by atoms with van der Waals surface area (Å²) in [6, 6.07) is 0. The summed E-state index contributed by atoms with van der Waals surface area (Å²) in [5.41, 5.74) is 4.89. The van der Waals surface area contributed by atoms with Crippen LogP contribution < -0.4 is 5.73 Å². The van der Waals surface area contributed by atoms with E-state index in [0.29, 0.717) is 0 Å². The van der Waals surface area contributed by atoms with Crippen molar-refractivity contribution >= 4 is 5.97 Å². The molecule has 0 aromatic rings. The minimum Gasteiger partial charge on any atom is -0.468 e. The zero-order valence-corrected chi connectivity index (χ0v) is 9.47. The monoisotopic (exact) mass is 187 g/mol. The van der Waals surface area contributed by atoms with Gasteiger partial charge in [-0.25, -0.2) is 0 Å². The predicted octanol–water partition coefficient (Wildman–Crippen LogP) is 1.56. The van der Waals surface area contributed by atoms with Crippen LogP contribution in [0.3, 0.4) is 0 Å². The van der Waals surface area contributed by atoms with E-state index in [4.69, 9.17) is 10.5 Å². The molecule has 0 aliphatic rings. The van der Waals surface area contributed by atoms with Gasteiger partial charge in [-0.05, 0) is 11.3 Å². The fraction of sp³-hybridized carbons (Fsp3) is 0.900. The van der Waals surface area contributed by atoms with Crippen molar-refractivity contribution < 1.29 is 9.53 Å². The Bertz CT molecular complexity index is 194. The topological polar surface area (TPSA) is 52.3 Å². The van der Waals surface area contributed by atoms with Gasteiger partial charge in [0, 0.05) is 0 Å². The van der Waals surface area contributed by atoms with Crippen LogP contribution in [0.25, 0.3) is 0 Å². The molecule has 1 atom stereocenters. The van der Waals surface area contributed by atoms with E-state index in [2.05, 4.69) is 0 Å². The van der Waals surface area contributed by atoms with Crippen LogP contribution >= 0.6 is 0 Å². The fourth-order valence-electron chi connectivity index (χ4n) is 1.58. The number of carbonyl (C=O) groups is 1. The third kappa shape index (κ3) is 2.02. The maximum atomic E-state index is 11.6. The third-order valence-corrected chi connectivity index (χ3v) is 2.67. The SMILES string of the molecule is COC(=O)[C@](N)(C(C)C)C(C)(C)C. The van der Waals surface area contributed by atoms with Crippen molar-refractivity contribution in [3.8, 4) is 0 Å². The highest BCUT2D eigenvalue weighted by molar-refractivity contribution is 5.81. The van der Waals surface area contributed by atoms with Gasteiger partial charge in [0.05, 0.1) is 7.11 Å². The van der Waals surface area contributed by atoms with Crippen LogP contribution in [0.5, 0.6) is 0 Å². The zero-order valence-electron chi connectivity index (χ0n) is 9.47. The van der Waals surface area contributed by atoms with E-state index in [0.717, 1.165) is 0 Å². The van der Waals surface area contributed by atoms with E-state index in [1.54, 1.807) is 0 Å². The molecule has 0 bridgehead atoms. The molecule has 0 fully saturated rings. The van der Waals surface area contributed by atoms with Crippen LogP contribution in [0.2, 0.25) is 0 Å². The number of methoxy groups -OCH3 is 1. The van der Waals surface area contributed by atoms with Crippen molar-refractivity contribution in [3.05, 3.63) is 0 Å². The highest BCUT2D eigenvalue weighted by Gasteiger charge is 2.48. The number of esters is 1. The molecule has 0 aliphatic carbocycles. The number of rotatable bonds is 2. The quantitative estimate of drug-likeness (QED) is 0.667. The first kappa shape index (κ1) is 12.4. The minimum absolute atomic E-state index is 0.0555. The molecule has 0 saturated carbocycles. The lowest BCUT2D eigenvalue weighted by Gasteiger charge is -2.41. The van der Waals surface area contributed by atoms with Gasteiger partial charge in [0.25, 0.3) is 0 Å². The highest BCUT2D eigenvalue weighted by Crippen LogP contribution is 2.35. The highest BCUT2D eigenvalue weighted by atomic mass is 16.5. The second-order valence-electron chi connectivity index (χ2n) is 4.77. The molecule has 13 heavy (non-hydrogen) atoms. The summed E-state index contributed by atoms with van der Waals surface area (Å²) in [5.74, 6) is -0.282. The number of hydrogen-bond donors (Lipinski definition) is 1. The Morgan fingerprint density at radius 3 is 1.77 bits per heavy atom. The Morgan fingerprint density at radius 1 is 1.31 bits per heavy atom. The van der Waals surface area contributed by atoms with E-state index in [1.807, 2.05) is 34.6 Å². The fourth-order valence-corrected chi connectivity index (χ4v) is 1.58. The summed E-state index contributed by atoms with van der Waals surface area (Å²) >= 11 is 0. The number of carbonyl (C=O) groups excluding carboxylic acids is 1. The molecule has 0 aliphatic heterocycles. The van der Waals surface area contributed by atoms with Gasteiger partial charge < -0.3 is 10.5 Å². The molecule has 0 aromatic carbocycles. The summed E-state index contributed by atoms with van der Waals surface area (Å²) in [5, 5.41) is 0. The van der Waals surface area contributed by atoms with Gasteiger partial charge in [-0.1, -0.05) is 34.6 Å². The van der Waals surface area contributed by atoms with E-state index < -0.39 is 5.54 Å². The Hall–Kier alpha value is -0.570. The molecule has 2 N–H and O–H groups in total. The van der Waals surface area contributed by atoms with Gasteiger partial charge in [0.15, 0.2) is 0 Å². The molecule has 0 aromatic heterocycles. The van der Waals surface area contributed by atoms with Crippen LogP contribution in [0.15, 0.2) is 0 Å². The lowest BCUT2D eigenvalue weighted by Crippen LogP contribution is -2.61. The average molecular weight is 187 g/mol. The van der Waals surface area contributed by atoms with E-state index in [1.165, 1.54) is 7.11 Å². The van der Waals surface area contributed by atoms with Crippen LogP contribution in [-0.2, 0) is 9.53 Å². The molecule has 0 amide bonds. The largest absolute Gasteiger partial charge is 0.468 e. The van der Waals surface area contributed by atoms with Crippen molar-refractivity contribution in [2.75, 3.05) is 7.11 Å². The van der Waals surface area contributed by atoms with Gasteiger partial charge in [-0.3, -0.25) is 4.79 Å². The van der Waals surface area contributed by atoms with Crippen LogP contribution in [0.4, 0.5) is 0 Å². The number of hydrogen-bond acceptors (Lipinski definition) is 3. The normalized spacial score (nSPS) is 16.9. The molecule has 0 spiro atoms. The Morgan fingerprint density at radius 2 is 1.69 bits per heavy atom. The molecule has 78 valence electrons. The first-order valence-corrected chi connectivity index (χ1v) is 4.55. The lowest BCUT2D eigenvalue weighted by molar-refractivity contribution is -0.154. The average Bonchev–Trinajstić information content (AvgIpc) is 1.98. The summed E-state index contributed by atoms with van der Waals surface area (Å²) in [4.78, 5) is 11.6. The first-order valence-electron chi connectivity index (χ1n) is 4.55. The third-order valence-electron chi connectivity index (χ3n) is 2.67. The molecular weight excluding hydrogens is 166 g/mol. The minimum atomic E-state index is -0.915. The molecular formula is C10H21NO2. The van der Waals surface area contributed by atoms with E-state index in [9.17, 15) is 4.79 Å². The predicted molar refractivity (Wildman–Crippen MR) is 53.2 cm³/mol. The van der Waals surface area contributed by atoms with Gasteiger partial charge >= 0.3 is 5.97 Å². The molecule has 0 unspecified atom stereocenters. The Labute approximate surface area is 80.6 Å². The van der Waals surface area contributed by atoms with Crippen molar-refractivity contribution in [1.82, 2.24) is 0 Å². The standard InChI is InChI=1S/C10H21NO2/c1-7(2)10(11,8(12)13-6)9(3,4)5/h7H,11H2,1-6H3/t10-/m1/s1. The summed E-state index contributed by atoms with van der Waals surface area (Å²) in [7, 11) is 1.37. The second-order valence-corrected chi connectivity index (χ2v) is 4.77. The molecule has 0 rings (SSSR count). The smallest absolute Gasteiger partial charge is 0.326 e. The van der Waals surface area contributed by atoms with Gasteiger partial charge in [0.1, 0.15) is 5.54 Å². The van der Waals surface area contributed by atoms with Crippen LogP contribution in [-0.4, -0.2) is 18.6 Å². The van der Waals surface area contributed by atoms with Crippen molar-refractivity contribution in [1.29, 1.82) is 0 Å². The number of nitrogens with two attached hydrogens (primary N) is 1. The van der Waals surface area contributed by atoms with Gasteiger partial charge in [-0.2, -0.15) is 0 Å². The Balaban J connectivity index is 5.08. The maximum Gasteiger partial charge on any atom is 0.326 e.